The summed E-state index contributed by atoms with van der Waals surface area (Å²) in [4.78, 5) is 11.0. The van der Waals surface area contributed by atoms with Crippen LogP contribution in [0.25, 0.3) is 0 Å². The molecule has 0 heterocycles. The highest BCUT2D eigenvalue weighted by Crippen LogP contribution is 2.28. The number of anilines is 1. The molecule has 0 aliphatic heterocycles. The number of hydrogen-bond acceptors (Lipinski definition) is 3. The molecule has 1 aromatic rings. The Morgan fingerprint density at radius 2 is 2.00 bits per heavy atom. The number of nitrogens with one attached hydrogen (secondary N) is 2. The molecule has 0 saturated carbocycles. The van der Waals surface area contributed by atoms with Crippen molar-refractivity contribution in [3.63, 3.8) is 0 Å². The molecule has 4 nitrogen and oxygen atoms in total. The Kier molecular flexibility index (Phi) is 5.26. The first kappa shape index (κ1) is 15.1. The van der Waals surface area contributed by atoms with Crippen LogP contribution in [0.1, 0.15) is 12.5 Å². The van der Waals surface area contributed by atoms with Crippen molar-refractivity contribution in [2.24, 2.45) is 0 Å². The van der Waals surface area contributed by atoms with Crippen molar-refractivity contribution in [2.75, 3.05) is 5.32 Å². The van der Waals surface area contributed by atoms with Crippen LogP contribution < -0.4 is 5.32 Å². The highest BCUT2D eigenvalue weighted by atomic mass is 35.6. The van der Waals surface area contributed by atoms with Crippen molar-refractivity contribution in [1.29, 1.82) is 5.41 Å². The molecule has 1 amide bonds. The summed E-state index contributed by atoms with van der Waals surface area (Å²) in [6, 6.07) is 7.02. The molecule has 0 aromatic heterocycles. The van der Waals surface area contributed by atoms with Gasteiger partial charge in [-0.25, -0.2) is 0 Å². The Morgan fingerprint density at radius 3 is 2.56 bits per heavy atom. The van der Waals surface area contributed by atoms with Gasteiger partial charge in [0.1, 0.15) is 6.61 Å². The van der Waals surface area contributed by atoms with Crippen LogP contribution in [-0.4, -0.2) is 15.6 Å². The topological polar surface area (TPSA) is 62.2 Å². The summed E-state index contributed by atoms with van der Waals surface area (Å²) in [6.45, 7) is 1.43. The summed E-state index contributed by atoms with van der Waals surface area (Å²) < 4.78 is 3.16. The molecule has 0 spiro atoms. The second kappa shape index (κ2) is 6.27. The Balaban J connectivity index is 2.73. The van der Waals surface area contributed by atoms with Gasteiger partial charge in [-0.05, 0) is 6.07 Å². The highest BCUT2D eigenvalue weighted by molar-refractivity contribution is 6.76. The molecular weight excluding hydrogens is 298 g/mol. The number of ether oxygens (including phenoxy) is 1. The lowest BCUT2D eigenvalue weighted by molar-refractivity contribution is -0.114. The van der Waals surface area contributed by atoms with E-state index in [1.54, 1.807) is 24.3 Å². The average molecular weight is 310 g/mol. The largest absolute Gasteiger partial charge is 0.473 e. The molecule has 0 unspecified atom stereocenters. The fourth-order valence-corrected chi connectivity index (χ4v) is 1.35. The normalized spacial score (nSPS) is 10.9. The number of rotatable bonds is 3. The van der Waals surface area contributed by atoms with Gasteiger partial charge < -0.3 is 10.1 Å². The van der Waals surface area contributed by atoms with Crippen LogP contribution in [0.15, 0.2) is 24.3 Å². The van der Waals surface area contributed by atoms with Crippen LogP contribution in [0.2, 0.25) is 0 Å². The highest BCUT2D eigenvalue weighted by Gasteiger charge is 2.28. The summed E-state index contributed by atoms with van der Waals surface area (Å²) in [5.74, 6) is -0.663. The monoisotopic (exact) mass is 308 g/mol. The first-order valence-electron chi connectivity index (χ1n) is 4.94. The number of alkyl halides is 3. The van der Waals surface area contributed by atoms with Gasteiger partial charge in [-0.1, -0.05) is 53.0 Å². The number of hydrogen-bond donors (Lipinski definition) is 2. The molecule has 1 rings (SSSR count). The average Bonchev–Trinajstić information content (AvgIpc) is 2.25. The molecule has 0 fully saturated rings. The van der Waals surface area contributed by atoms with E-state index in [0.717, 1.165) is 0 Å². The second-order valence-electron chi connectivity index (χ2n) is 3.45. The van der Waals surface area contributed by atoms with Crippen LogP contribution >= 0.6 is 34.8 Å². The smallest absolute Gasteiger partial charge is 0.265 e. The van der Waals surface area contributed by atoms with Crippen LogP contribution in [0, 0.1) is 5.41 Å². The molecule has 0 bridgehead atoms. The lowest BCUT2D eigenvalue weighted by atomic mass is 10.2. The summed E-state index contributed by atoms with van der Waals surface area (Å²) >= 11 is 16.5. The van der Waals surface area contributed by atoms with E-state index in [0.29, 0.717) is 11.3 Å². The lowest BCUT2D eigenvalue weighted by Gasteiger charge is -2.15. The van der Waals surface area contributed by atoms with Gasteiger partial charge in [-0.3, -0.25) is 10.2 Å². The maximum atomic E-state index is 11.0. The third-order valence-electron chi connectivity index (χ3n) is 1.96. The van der Waals surface area contributed by atoms with E-state index in [-0.39, 0.29) is 12.5 Å². The van der Waals surface area contributed by atoms with Crippen LogP contribution in [-0.2, 0) is 16.1 Å². The van der Waals surface area contributed by atoms with Gasteiger partial charge >= 0.3 is 0 Å². The van der Waals surface area contributed by atoms with Crippen molar-refractivity contribution in [2.45, 2.75) is 17.3 Å². The number of benzene rings is 1. The summed E-state index contributed by atoms with van der Waals surface area (Å²) in [7, 11) is 0. The zero-order valence-electron chi connectivity index (χ0n) is 9.47. The predicted octanol–water partition coefficient (Wildman–Crippen LogP) is 3.51. The van der Waals surface area contributed by atoms with Gasteiger partial charge in [0.2, 0.25) is 11.8 Å². The molecular formula is C11H11Cl3N2O2. The van der Waals surface area contributed by atoms with Gasteiger partial charge in [0.25, 0.3) is 3.79 Å². The van der Waals surface area contributed by atoms with Crippen molar-refractivity contribution in [3.05, 3.63) is 29.8 Å². The first-order valence-corrected chi connectivity index (χ1v) is 6.08. The molecule has 98 valence electrons. The van der Waals surface area contributed by atoms with E-state index in [1.807, 2.05) is 0 Å². The fraction of sp³-hybridized carbons (Fsp3) is 0.273. The number of carbonyl (C=O) groups excluding carboxylic acids is 1. The molecule has 1 aromatic carbocycles. The molecule has 0 aliphatic carbocycles. The number of amides is 1. The minimum Gasteiger partial charge on any atom is -0.473 e. The van der Waals surface area contributed by atoms with E-state index in [9.17, 15) is 4.79 Å². The summed E-state index contributed by atoms with van der Waals surface area (Å²) in [5.41, 5.74) is 1.29. The summed E-state index contributed by atoms with van der Waals surface area (Å²) in [6.07, 6.45) is 0. The van der Waals surface area contributed by atoms with Gasteiger partial charge in [0.15, 0.2) is 0 Å². The molecule has 0 aliphatic rings. The van der Waals surface area contributed by atoms with Crippen molar-refractivity contribution >= 4 is 52.3 Å². The first-order chi connectivity index (χ1) is 8.30. The summed E-state index contributed by atoms with van der Waals surface area (Å²) in [5, 5.41) is 10.0. The Labute approximate surface area is 120 Å². The van der Waals surface area contributed by atoms with Gasteiger partial charge in [0, 0.05) is 18.2 Å². The Bertz CT molecular complexity index is 458. The fourth-order valence-electron chi connectivity index (χ4n) is 1.19. The number of carbonyl (C=O) groups is 1. The minimum atomic E-state index is -1.89. The molecule has 7 heteroatoms. The zero-order chi connectivity index (χ0) is 13.8. The van der Waals surface area contributed by atoms with Crippen molar-refractivity contribution in [1.82, 2.24) is 0 Å². The molecule has 0 atom stereocenters. The lowest BCUT2D eigenvalue weighted by Crippen LogP contribution is -2.21. The van der Waals surface area contributed by atoms with E-state index in [2.05, 4.69) is 5.32 Å². The Hall–Kier alpha value is -0.970. The maximum Gasteiger partial charge on any atom is 0.265 e. The van der Waals surface area contributed by atoms with Gasteiger partial charge in [0.05, 0.1) is 0 Å². The van der Waals surface area contributed by atoms with E-state index in [1.165, 1.54) is 6.92 Å². The molecule has 0 radical (unpaired) electrons. The Morgan fingerprint density at radius 1 is 1.39 bits per heavy atom. The van der Waals surface area contributed by atoms with Crippen molar-refractivity contribution < 1.29 is 9.53 Å². The van der Waals surface area contributed by atoms with Gasteiger partial charge in [-0.2, -0.15) is 0 Å². The second-order valence-corrected chi connectivity index (χ2v) is 5.74. The molecule has 2 N–H and O–H groups in total. The van der Waals surface area contributed by atoms with Crippen molar-refractivity contribution in [3.8, 4) is 0 Å². The third kappa shape index (κ3) is 4.72. The number of halogens is 3. The number of para-hydroxylation sites is 1. The third-order valence-corrected chi connectivity index (χ3v) is 2.47. The van der Waals surface area contributed by atoms with E-state index >= 15 is 0 Å². The van der Waals surface area contributed by atoms with E-state index in [4.69, 9.17) is 44.9 Å². The molecule has 0 saturated heterocycles. The zero-order valence-corrected chi connectivity index (χ0v) is 11.7. The van der Waals surface area contributed by atoms with Gasteiger partial charge in [-0.15, -0.1) is 0 Å². The minimum absolute atomic E-state index is 0.0309. The standard InChI is InChI=1S/C11H11Cl3N2O2/c1-7(17)16-9-5-3-2-4-8(9)6-18-10(15)11(12,13)14/h2-5,15H,6H2,1H3,(H,16,17). The maximum absolute atomic E-state index is 11.0. The predicted molar refractivity (Wildman–Crippen MR) is 73.6 cm³/mol. The quantitative estimate of drug-likeness (QED) is 0.510. The van der Waals surface area contributed by atoms with E-state index < -0.39 is 9.69 Å². The van der Waals surface area contributed by atoms with Crippen LogP contribution in [0.4, 0.5) is 5.69 Å². The van der Waals surface area contributed by atoms with Crippen LogP contribution in [0.5, 0.6) is 0 Å². The van der Waals surface area contributed by atoms with Crippen LogP contribution in [0.3, 0.4) is 0 Å². The molecule has 18 heavy (non-hydrogen) atoms. The SMILES string of the molecule is CC(=O)Nc1ccccc1COC(=N)C(Cl)(Cl)Cl.